The molecule has 0 aliphatic carbocycles. The van der Waals surface area contributed by atoms with E-state index in [2.05, 4.69) is 5.32 Å². The topological polar surface area (TPSA) is 111 Å². The van der Waals surface area contributed by atoms with Gasteiger partial charge in [0.15, 0.2) is 11.5 Å². The molecule has 28 heavy (non-hydrogen) atoms. The standard InChI is InChI=1S/C20H17NO7/c1-26-15-8-7-12-11(10-28-20(25)17(12)18(15)27-2)9-16(22)21-14-6-4-3-5-13(14)19(23)24/h3-9H,10H2,1-2H3,(H,21,22)(H,23,24)/b11-9+. The van der Waals surface area contributed by atoms with Gasteiger partial charge in [0.05, 0.1) is 25.5 Å². The number of esters is 1. The maximum absolute atomic E-state index is 12.4. The lowest BCUT2D eigenvalue weighted by atomic mass is 9.96. The third kappa shape index (κ3) is 3.52. The number of nitrogens with one attached hydrogen (secondary N) is 1. The van der Waals surface area contributed by atoms with Gasteiger partial charge in [0, 0.05) is 11.6 Å². The SMILES string of the molecule is COc1ccc2c(c1OC)C(=O)OC/C2=C\C(=O)Nc1ccccc1C(=O)O. The molecule has 1 heterocycles. The molecule has 0 saturated heterocycles. The number of rotatable bonds is 5. The highest BCUT2D eigenvalue weighted by Crippen LogP contribution is 2.39. The molecule has 0 saturated carbocycles. The molecule has 0 atom stereocenters. The largest absolute Gasteiger partial charge is 0.493 e. The minimum Gasteiger partial charge on any atom is -0.493 e. The van der Waals surface area contributed by atoms with Gasteiger partial charge in [0.2, 0.25) is 5.91 Å². The Bertz CT molecular complexity index is 994. The number of fused-ring (bicyclic) bond motifs is 1. The average Bonchev–Trinajstić information content (AvgIpc) is 2.69. The zero-order valence-electron chi connectivity index (χ0n) is 15.1. The van der Waals surface area contributed by atoms with Crippen LogP contribution in [0.2, 0.25) is 0 Å². The summed E-state index contributed by atoms with van der Waals surface area (Å²) in [6, 6.07) is 9.32. The number of carbonyl (C=O) groups excluding carboxylic acids is 2. The molecule has 0 bridgehead atoms. The predicted octanol–water partition coefficient (Wildman–Crippen LogP) is 2.59. The van der Waals surface area contributed by atoms with E-state index in [9.17, 15) is 19.5 Å². The molecule has 0 radical (unpaired) electrons. The normalized spacial score (nSPS) is 14.1. The number of benzene rings is 2. The van der Waals surface area contributed by atoms with Crippen molar-refractivity contribution in [3.05, 3.63) is 59.2 Å². The number of methoxy groups -OCH3 is 2. The molecular weight excluding hydrogens is 366 g/mol. The van der Waals surface area contributed by atoms with Crippen molar-refractivity contribution in [1.29, 1.82) is 0 Å². The summed E-state index contributed by atoms with van der Waals surface area (Å²) in [5.74, 6) is -1.72. The number of aromatic carboxylic acids is 1. The first-order chi connectivity index (χ1) is 13.5. The molecule has 2 N–H and O–H groups in total. The molecule has 3 rings (SSSR count). The molecule has 8 heteroatoms. The summed E-state index contributed by atoms with van der Waals surface area (Å²) in [6.07, 6.45) is 1.26. The lowest BCUT2D eigenvalue weighted by molar-refractivity contribution is -0.111. The van der Waals surface area contributed by atoms with E-state index >= 15 is 0 Å². The summed E-state index contributed by atoms with van der Waals surface area (Å²) in [6.45, 7) is -0.102. The summed E-state index contributed by atoms with van der Waals surface area (Å²) < 4.78 is 15.6. The van der Waals surface area contributed by atoms with Crippen molar-refractivity contribution in [2.75, 3.05) is 26.1 Å². The van der Waals surface area contributed by atoms with Gasteiger partial charge < -0.3 is 24.6 Å². The highest BCUT2D eigenvalue weighted by Gasteiger charge is 2.29. The molecule has 1 aliphatic heterocycles. The van der Waals surface area contributed by atoms with E-state index in [-0.39, 0.29) is 29.2 Å². The molecule has 8 nitrogen and oxygen atoms in total. The van der Waals surface area contributed by atoms with Crippen LogP contribution in [0.25, 0.3) is 5.57 Å². The number of cyclic esters (lactones) is 1. The van der Waals surface area contributed by atoms with Crippen LogP contribution in [0, 0.1) is 0 Å². The molecule has 0 unspecified atom stereocenters. The van der Waals surface area contributed by atoms with Crippen LogP contribution in [0.1, 0.15) is 26.3 Å². The van der Waals surface area contributed by atoms with Crippen LogP contribution in [0.4, 0.5) is 5.69 Å². The first kappa shape index (κ1) is 19.0. The van der Waals surface area contributed by atoms with Crippen LogP contribution in [0.15, 0.2) is 42.5 Å². The van der Waals surface area contributed by atoms with Crippen molar-refractivity contribution in [3.8, 4) is 11.5 Å². The quantitative estimate of drug-likeness (QED) is 0.603. The first-order valence-electron chi connectivity index (χ1n) is 8.22. The second-order valence-corrected chi connectivity index (χ2v) is 5.81. The van der Waals surface area contributed by atoms with E-state index in [0.717, 1.165) is 0 Å². The number of carboxylic acids is 1. The lowest BCUT2D eigenvalue weighted by Gasteiger charge is -2.22. The highest BCUT2D eigenvalue weighted by atomic mass is 16.5. The van der Waals surface area contributed by atoms with Gasteiger partial charge in [-0.2, -0.15) is 0 Å². The van der Waals surface area contributed by atoms with Crippen LogP contribution < -0.4 is 14.8 Å². The lowest BCUT2D eigenvalue weighted by Crippen LogP contribution is -2.20. The van der Waals surface area contributed by atoms with Crippen LogP contribution in [-0.2, 0) is 9.53 Å². The van der Waals surface area contributed by atoms with Gasteiger partial charge in [-0.05, 0) is 29.8 Å². The van der Waals surface area contributed by atoms with Crippen LogP contribution in [0.3, 0.4) is 0 Å². The van der Waals surface area contributed by atoms with Crippen molar-refractivity contribution >= 4 is 29.1 Å². The van der Waals surface area contributed by atoms with Gasteiger partial charge in [-0.15, -0.1) is 0 Å². The van der Waals surface area contributed by atoms with Gasteiger partial charge >= 0.3 is 11.9 Å². The number of anilines is 1. The average molecular weight is 383 g/mol. The maximum atomic E-state index is 12.4. The zero-order valence-corrected chi connectivity index (χ0v) is 15.1. The number of hydrogen-bond donors (Lipinski definition) is 2. The Morgan fingerprint density at radius 2 is 1.89 bits per heavy atom. The fourth-order valence-electron chi connectivity index (χ4n) is 2.92. The summed E-state index contributed by atoms with van der Waals surface area (Å²) in [4.78, 5) is 35.9. The van der Waals surface area contributed by atoms with Crippen molar-refractivity contribution in [2.24, 2.45) is 0 Å². The number of carbonyl (C=O) groups is 3. The van der Waals surface area contributed by atoms with E-state index < -0.39 is 17.8 Å². The van der Waals surface area contributed by atoms with Crippen molar-refractivity contribution in [1.82, 2.24) is 0 Å². The Balaban J connectivity index is 1.97. The fourth-order valence-corrected chi connectivity index (χ4v) is 2.92. The Morgan fingerprint density at radius 3 is 2.57 bits per heavy atom. The van der Waals surface area contributed by atoms with Crippen LogP contribution in [0.5, 0.6) is 11.5 Å². The zero-order chi connectivity index (χ0) is 20.3. The van der Waals surface area contributed by atoms with Crippen LogP contribution >= 0.6 is 0 Å². The number of ether oxygens (including phenoxy) is 3. The molecular formula is C20H17NO7. The Morgan fingerprint density at radius 1 is 1.14 bits per heavy atom. The van der Waals surface area contributed by atoms with E-state index in [4.69, 9.17) is 14.2 Å². The molecule has 1 aliphatic rings. The minimum atomic E-state index is -1.16. The van der Waals surface area contributed by atoms with E-state index in [1.54, 1.807) is 24.3 Å². The Labute approximate surface area is 160 Å². The van der Waals surface area contributed by atoms with Gasteiger partial charge in [-0.1, -0.05) is 12.1 Å². The first-order valence-corrected chi connectivity index (χ1v) is 8.22. The molecule has 0 spiro atoms. The van der Waals surface area contributed by atoms with Gasteiger partial charge in [0.1, 0.15) is 12.2 Å². The van der Waals surface area contributed by atoms with E-state index in [1.165, 1.54) is 32.4 Å². The second-order valence-electron chi connectivity index (χ2n) is 5.81. The molecule has 144 valence electrons. The molecule has 0 fully saturated rings. The monoisotopic (exact) mass is 383 g/mol. The van der Waals surface area contributed by atoms with Gasteiger partial charge in [-0.25, -0.2) is 9.59 Å². The van der Waals surface area contributed by atoms with Crippen molar-refractivity contribution < 1.29 is 33.7 Å². The summed E-state index contributed by atoms with van der Waals surface area (Å²) >= 11 is 0. The number of hydrogen-bond acceptors (Lipinski definition) is 6. The van der Waals surface area contributed by atoms with Gasteiger partial charge in [-0.3, -0.25) is 4.79 Å². The molecule has 2 aromatic rings. The second kappa shape index (κ2) is 7.83. The summed E-state index contributed by atoms with van der Waals surface area (Å²) in [7, 11) is 2.85. The van der Waals surface area contributed by atoms with E-state index in [0.29, 0.717) is 16.9 Å². The third-order valence-corrected chi connectivity index (χ3v) is 4.18. The van der Waals surface area contributed by atoms with Crippen LogP contribution in [-0.4, -0.2) is 43.8 Å². The predicted molar refractivity (Wildman–Crippen MR) is 99.8 cm³/mol. The van der Waals surface area contributed by atoms with E-state index in [1.807, 2.05) is 0 Å². The third-order valence-electron chi connectivity index (χ3n) is 4.18. The van der Waals surface area contributed by atoms with Crippen molar-refractivity contribution in [2.45, 2.75) is 0 Å². The highest BCUT2D eigenvalue weighted by molar-refractivity contribution is 6.10. The maximum Gasteiger partial charge on any atom is 0.343 e. The Hall–Kier alpha value is -3.81. The number of para-hydroxylation sites is 1. The molecule has 2 aromatic carbocycles. The summed E-state index contributed by atoms with van der Waals surface area (Å²) in [5.41, 5.74) is 1.22. The minimum absolute atomic E-state index is 0.0314. The molecule has 1 amide bonds. The molecule has 0 aromatic heterocycles. The van der Waals surface area contributed by atoms with Gasteiger partial charge in [0.25, 0.3) is 0 Å². The fraction of sp³-hybridized carbons (Fsp3) is 0.150. The Kier molecular flexibility index (Phi) is 5.30. The number of amides is 1. The van der Waals surface area contributed by atoms with Crippen molar-refractivity contribution in [3.63, 3.8) is 0 Å². The smallest absolute Gasteiger partial charge is 0.343 e. The number of carboxylic acid groups (broad SMARTS) is 1. The summed E-state index contributed by atoms with van der Waals surface area (Å²) in [5, 5.41) is 11.8.